The molecule has 1 atom stereocenters. The maximum Gasteiger partial charge on any atom is 0.296 e. The molecule has 0 aliphatic carbocycles. The van der Waals surface area contributed by atoms with Gasteiger partial charge in [0.1, 0.15) is 0 Å². The van der Waals surface area contributed by atoms with Crippen LogP contribution in [0, 0.1) is 17.8 Å². The van der Waals surface area contributed by atoms with Gasteiger partial charge in [-0.25, -0.2) is 0 Å². The highest BCUT2D eigenvalue weighted by molar-refractivity contribution is 5.94. The second-order valence-corrected chi connectivity index (χ2v) is 5.33. The van der Waals surface area contributed by atoms with Gasteiger partial charge in [0, 0.05) is 24.1 Å². The summed E-state index contributed by atoms with van der Waals surface area (Å²) in [6.45, 7) is 3.36. The molecule has 1 amide bonds. The summed E-state index contributed by atoms with van der Waals surface area (Å²) in [7, 11) is 0. The molecule has 4 rings (SSSR count). The average Bonchev–Trinajstić information content (AvgIpc) is 2.47. The summed E-state index contributed by atoms with van der Waals surface area (Å²) in [5.41, 5.74) is 0.881. The maximum atomic E-state index is 11.9. The molecule has 3 saturated heterocycles. The van der Waals surface area contributed by atoms with E-state index in [1.54, 1.807) is 0 Å². The molecule has 19 heavy (non-hydrogen) atoms. The number of piperidine rings is 3. The summed E-state index contributed by atoms with van der Waals surface area (Å²) in [5, 5.41) is 3.07. The van der Waals surface area contributed by atoms with Crippen LogP contribution in [0.3, 0.4) is 0 Å². The van der Waals surface area contributed by atoms with Crippen LogP contribution in [0.1, 0.15) is 18.4 Å². The Labute approximate surface area is 114 Å². The van der Waals surface area contributed by atoms with E-state index in [4.69, 9.17) is 0 Å². The number of nitrogens with zero attached hydrogens (tertiary/aromatic N) is 1. The molecule has 1 aromatic rings. The number of carbonyl (C=O) groups excluding carboxylic acids is 1. The van der Waals surface area contributed by atoms with Crippen molar-refractivity contribution in [3.05, 3.63) is 35.9 Å². The van der Waals surface area contributed by atoms with Crippen LogP contribution in [-0.2, 0) is 4.79 Å². The fraction of sp³-hybridized carbons (Fsp3) is 0.438. The Bertz CT molecular complexity index is 507. The first-order chi connectivity index (χ1) is 9.31. The monoisotopic (exact) mass is 254 g/mol. The molecular formula is C16H18N2O. The Morgan fingerprint density at radius 2 is 1.95 bits per heavy atom. The van der Waals surface area contributed by atoms with E-state index in [0.29, 0.717) is 12.0 Å². The molecule has 0 spiro atoms. The summed E-state index contributed by atoms with van der Waals surface area (Å²) < 4.78 is 0. The Morgan fingerprint density at radius 1 is 1.21 bits per heavy atom. The molecule has 3 nitrogen and oxygen atoms in total. The first-order valence-corrected chi connectivity index (χ1v) is 6.91. The minimum absolute atomic E-state index is 0.150. The highest BCUT2D eigenvalue weighted by atomic mass is 16.1. The van der Waals surface area contributed by atoms with Crippen LogP contribution in [-0.4, -0.2) is 36.5 Å². The zero-order valence-electron chi connectivity index (χ0n) is 10.9. The maximum absolute atomic E-state index is 11.9. The number of fused-ring (bicyclic) bond motifs is 3. The van der Waals surface area contributed by atoms with E-state index in [1.165, 1.54) is 25.9 Å². The number of benzene rings is 1. The molecule has 0 unspecified atom stereocenters. The number of rotatable bonds is 1. The highest BCUT2D eigenvalue weighted by Gasteiger charge is 2.34. The van der Waals surface area contributed by atoms with Crippen LogP contribution in [0.15, 0.2) is 30.3 Å². The fourth-order valence-corrected chi connectivity index (χ4v) is 2.98. The van der Waals surface area contributed by atoms with E-state index in [2.05, 4.69) is 22.1 Å². The lowest BCUT2D eigenvalue weighted by Crippen LogP contribution is -2.57. The quantitative estimate of drug-likeness (QED) is 0.765. The van der Waals surface area contributed by atoms with E-state index < -0.39 is 0 Å². The van der Waals surface area contributed by atoms with Gasteiger partial charge in [0.2, 0.25) is 0 Å². The van der Waals surface area contributed by atoms with E-state index >= 15 is 0 Å². The predicted molar refractivity (Wildman–Crippen MR) is 74.4 cm³/mol. The second kappa shape index (κ2) is 5.46. The number of carbonyl (C=O) groups is 1. The third kappa shape index (κ3) is 2.97. The molecule has 3 heterocycles. The zero-order valence-corrected chi connectivity index (χ0v) is 10.9. The van der Waals surface area contributed by atoms with E-state index in [-0.39, 0.29) is 5.91 Å². The lowest BCUT2D eigenvalue weighted by molar-refractivity contribution is -0.117. The van der Waals surface area contributed by atoms with Crippen molar-refractivity contribution in [2.45, 2.75) is 18.9 Å². The Kier molecular flexibility index (Phi) is 3.52. The van der Waals surface area contributed by atoms with Crippen molar-refractivity contribution in [1.29, 1.82) is 0 Å². The van der Waals surface area contributed by atoms with Crippen LogP contribution in [0.2, 0.25) is 0 Å². The average molecular weight is 254 g/mol. The third-order valence-corrected chi connectivity index (χ3v) is 4.07. The smallest absolute Gasteiger partial charge is 0.296 e. The van der Waals surface area contributed by atoms with Crippen LogP contribution < -0.4 is 5.32 Å². The standard InChI is InChI=1S/C16H18N2O/c19-16(7-6-13-4-2-1-3-5-13)17-15-12-18-10-8-14(15)9-11-18/h1-5,14-15H,8-12H2,(H,17,19)/t15-/m0/s1. The molecule has 1 N–H and O–H groups in total. The normalized spacial score (nSPS) is 28.3. The summed E-state index contributed by atoms with van der Waals surface area (Å²) >= 11 is 0. The molecule has 98 valence electrons. The Hall–Kier alpha value is -1.79. The van der Waals surface area contributed by atoms with Crippen molar-refractivity contribution in [3.63, 3.8) is 0 Å². The third-order valence-electron chi connectivity index (χ3n) is 4.07. The van der Waals surface area contributed by atoms with Crippen LogP contribution in [0.5, 0.6) is 0 Å². The molecule has 0 aromatic heterocycles. The van der Waals surface area contributed by atoms with Gasteiger partial charge in [-0.15, -0.1) is 0 Å². The van der Waals surface area contributed by atoms with Gasteiger partial charge >= 0.3 is 0 Å². The summed E-state index contributed by atoms with van der Waals surface area (Å²) in [5.74, 6) is 6.09. The number of hydrogen-bond acceptors (Lipinski definition) is 2. The molecule has 1 aromatic carbocycles. The van der Waals surface area contributed by atoms with Crippen molar-refractivity contribution in [2.75, 3.05) is 19.6 Å². The minimum atomic E-state index is -0.150. The second-order valence-electron chi connectivity index (χ2n) is 5.33. The molecule has 3 aliphatic heterocycles. The van der Waals surface area contributed by atoms with E-state index in [9.17, 15) is 4.79 Å². The van der Waals surface area contributed by atoms with Gasteiger partial charge in [-0.05, 0) is 44.0 Å². The lowest BCUT2D eigenvalue weighted by atomic mass is 9.84. The number of hydrogen-bond donors (Lipinski definition) is 1. The van der Waals surface area contributed by atoms with Crippen molar-refractivity contribution >= 4 is 5.91 Å². The summed E-state index contributed by atoms with van der Waals surface area (Å²) in [6, 6.07) is 9.91. The first-order valence-electron chi connectivity index (χ1n) is 6.91. The van der Waals surface area contributed by atoms with Gasteiger partial charge in [-0.1, -0.05) is 24.1 Å². The van der Waals surface area contributed by atoms with Crippen molar-refractivity contribution in [3.8, 4) is 11.8 Å². The van der Waals surface area contributed by atoms with Crippen molar-refractivity contribution < 1.29 is 4.79 Å². The van der Waals surface area contributed by atoms with Gasteiger partial charge in [-0.3, -0.25) is 4.79 Å². The molecule has 0 radical (unpaired) electrons. The largest absolute Gasteiger partial charge is 0.341 e. The zero-order chi connectivity index (χ0) is 13.1. The van der Waals surface area contributed by atoms with Gasteiger partial charge in [0.25, 0.3) is 5.91 Å². The Morgan fingerprint density at radius 3 is 2.58 bits per heavy atom. The minimum Gasteiger partial charge on any atom is -0.341 e. The van der Waals surface area contributed by atoms with Crippen LogP contribution in [0.25, 0.3) is 0 Å². The van der Waals surface area contributed by atoms with Gasteiger partial charge in [0.15, 0.2) is 0 Å². The Balaban J connectivity index is 1.59. The lowest BCUT2D eigenvalue weighted by Gasteiger charge is -2.44. The number of nitrogens with one attached hydrogen (secondary N) is 1. The summed E-state index contributed by atoms with van der Waals surface area (Å²) in [6.07, 6.45) is 2.41. The van der Waals surface area contributed by atoms with Gasteiger partial charge in [0.05, 0.1) is 0 Å². The number of amides is 1. The molecule has 3 aliphatic rings. The predicted octanol–water partition coefficient (Wildman–Crippen LogP) is 1.25. The fourth-order valence-electron chi connectivity index (χ4n) is 2.98. The topological polar surface area (TPSA) is 32.3 Å². The molecule has 2 bridgehead atoms. The van der Waals surface area contributed by atoms with E-state index in [0.717, 1.165) is 12.1 Å². The molecular weight excluding hydrogens is 236 g/mol. The molecule has 3 fully saturated rings. The van der Waals surface area contributed by atoms with Gasteiger partial charge in [-0.2, -0.15) is 0 Å². The highest BCUT2D eigenvalue weighted by Crippen LogP contribution is 2.27. The summed E-state index contributed by atoms with van der Waals surface area (Å²) in [4.78, 5) is 14.3. The first kappa shape index (κ1) is 12.3. The SMILES string of the molecule is O=C(C#Cc1ccccc1)N[C@H]1CN2CCC1CC2. The molecule has 3 heteroatoms. The van der Waals surface area contributed by atoms with Gasteiger partial charge < -0.3 is 10.2 Å². The molecule has 0 saturated carbocycles. The van der Waals surface area contributed by atoms with E-state index in [1.807, 2.05) is 30.3 Å². The van der Waals surface area contributed by atoms with Crippen molar-refractivity contribution in [1.82, 2.24) is 10.2 Å². The van der Waals surface area contributed by atoms with Crippen LogP contribution in [0.4, 0.5) is 0 Å². The van der Waals surface area contributed by atoms with Crippen molar-refractivity contribution in [2.24, 2.45) is 5.92 Å². The van der Waals surface area contributed by atoms with Crippen LogP contribution >= 0.6 is 0 Å².